The van der Waals surface area contributed by atoms with E-state index in [0.29, 0.717) is 11.1 Å². The highest BCUT2D eigenvalue weighted by atomic mass is 31.2. The molecule has 0 saturated carbocycles. The van der Waals surface area contributed by atoms with E-state index in [2.05, 4.69) is 0 Å². The van der Waals surface area contributed by atoms with E-state index < -0.39 is 12.8 Å². The molecule has 0 atom stereocenters. The first kappa shape index (κ1) is 11.7. The Labute approximate surface area is 105 Å². The van der Waals surface area contributed by atoms with Gasteiger partial charge in [0, 0.05) is 0 Å². The van der Waals surface area contributed by atoms with Crippen molar-refractivity contribution in [2.75, 3.05) is 0 Å². The van der Waals surface area contributed by atoms with Crippen LogP contribution in [0.15, 0.2) is 48.5 Å². The summed E-state index contributed by atoms with van der Waals surface area (Å²) in [5.41, 5.74) is 3.25. The van der Waals surface area contributed by atoms with Gasteiger partial charge in [0.1, 0.15) is 5.16 Å². The van der Waals surface area contributed by atoms with Crippen LogP contribution in [0, 0.1) is 0 Å². The number of hydrogen-bond donors (Lipinski definition) is 2. The standard InChI is InChI=1S/C14H13O3P/c1-14(18(15,16)17)12-8-4-2-6-10(12)11-7-3-5-9-13(11)14/h2-9H,1H3,(H2,15,16,17). The zero-order valence-corrected chi connectivity index (χ0v) is 10.8. The van der Waals surface area contributed by atoms with Gasteiger partial charge in [0.05, 0.1) is 0 Å². The van der Waals surface area contributed by atoms with Gasteiger partial charge in [-0.15, -0.1) is 0 Å². The molecule has 0 amide bonds. The molecule has 2 N–H and O–H groups in total. The first-order chi connectivity index (χ1) is 8.46. The van der Waals surface area contributed by atoms with E-state index in [9.17, 15) is 14.4 Å². The van der Waals surface area contributed by atoms with Crippen molar-refractivity contribution >= 4 is 7.60 Å². The Bertz CT molecular complexity index is 627. The molecule has 0 spiro atoms. The summed E-state index contributed by atoms with van der Waals surface area (Å²) in [7, 11) is -4.29. The van der Waals surface area contributed by atoms with Crippen LogP contribution in [0.5, 0.6) is 0 Å². The summed E-state index contributed by atoms with van der Waals surface area (Å²) in [4.78, 5) is 19.6. The van der Waals surface area contributed by atoms with Crippen molar-refractivity contribution in [2.24, 2.45) is 0 Å². The molecule has 92 valence electrons. The summed E-state index contributed by atoms with van der Waals surface area (Å²) >= 11 is 0. The van der Waals surface area contributed by atoms with Crippen molar-refractivity contribution < 1.29 is 14.4 Å². The summed E-state index contributed by atoms with van der Waals surface area (Å²) < 4.78 is 12.0. The highest BCUT2D eigenvalue weighted by Crippen LogP contribution is 2.66. The third-order valence-corrected chi connectivity index (χ3v) is 5.42. The van der Waals surface area contributed by atoms with Crippen LogP contribution in [0.2, 0.25) is 0 Å². The second-order valence-corrected chi connectivity index (χ2v) is 6.69. The van der Waals surface area contributed by atoms with E-state index in [1.54, 1.807) is 19.1 Å². The summed E-state index contributed by atoms with van der Waals surface area (Å²) in [6, 6.07) is 14.8. The molecule has 0 bridgehead atoms. The second kappa shape index (κ2) is 3.55. The maximum Gasteiger partial charge on any atom is 0.340 e. The third-order valence-electron chi connectivity index (χ3n) is 3.78. The SMILES string of the molecule is CC1(P(=O)(O)O)c2ccccc2-c2ccccc21. The molecule has 3 nitrogen and oxygen atoms in total. The van der Waals surface area contributed by atoms with Gasteiger partial charge in [-0.3, -0.25) is 4.57 Å². The Kier molecular flexibility index (Phi) is 2.30. The summed E-state index contributed by atoms with van der Waals surface area (Å²) in [6.45, 7) is 1.62. The van der Waals surface area contributed by atoms with Crippen LogP contribution in [-0.2, 0) is 9.72 Å². The van der Waals surface area contributed by atoms with E-state index in [0.717, 1.165) is 11.1 Å². The van der Waals surface area contributed by atoms with E-state index >= 15 is 0 Å². The largest absolute Gasteiger partial charge is 0.340 e. The van der Waals surface area contributed by atoms with E-state index in [4.69, 9.17) is 0 Å². The molecule has 1 aliphatic carbocycles. The Balaban J connectivity index is 2.45. The molecular formula is C14H13O3P. The maximum atomic E-state index is 12.0. The maximum absolute atomic E-state index is 12.0. The number of fused-ring (bicyclic) bond motifs is 3. The van der Waals surface area contributed by atoms with Crippen molar-refractivity contribution in [3.05, 3.63) is 59.7 Å². The van der Waals surface area contributed by atoms with Crippen LogP contribution < -0.4 is 0 Å². The molecular weight excluding hydrogens is 247 g/mol. The predicted octanol–water partition coefficient (Wildman–Crippen LogP) is 3.11. The van der Waals surface area contributed by atoms with Crippen molar-refractivity contribution in [2.45, 2.75) is 12.1 Å². The lowest BCUT2D eigenvalue weighted by Gasteiger charge is -2.28. The van der Waals surface area contributed by atoms with Crippen molar-refractivity contribution in [3.8, 4) is 11.1 Å². The minimum atomic E-state index is -4.29. The molecule has 2 aromatic carbocycles. The molecule has 2 aromatic rings. The molecule has 18 heavy (non-hydrogen) atoms. The fraction of sp³-hybridized carbons (Fsp3) is 0.143. The van der Waals surface area contributed by atoms with Crippen molar-refractivity contribution in [3.63, 3.8) is 0 Å². The van der Waals surface area contributed by atoms with Gasteiger partial charge in [-0.1, -0.05) is 48.5 Å². The van der Waals surface area contributed by atoms with Crippen LogP contribution in [0.3, 0.4) is 0 Å². The van der Waals surface area contributed by atoms with Gasteiger partial charge in [0.25, 0.3) is 0 Å². The second-order valence-electron chi connectivity index (χ2n) is 4.71. The topological polar surface area (TPSA) is 57.5 Å². The van der Waals surface area contributed by atoms with Gasteiger partial charge in [-0.2, -0.15) is 0 Å². The predicted molar refractivity (Wildman–Crippen MR) is 70.4 cm³/mol. The molecule has 3 rings (SSSR count). The van der Waals surface area contributed by atoms with Crippen LogP contribution in [0.25, 0.3) is 11.1 Å². The fourth-order valence-corrected chi connectivity index (χ4v) is 3.76. The smallest absolute Gasteiger partial charge is 0.324 e. The number of benzene rings is 2. The molecule has 0 unspecified atom stereocenters. The van der Waals surface area contributed by atoms with Crippen LogP contribution in [0.1, 0.15) is 18.1 Å². The van der Waals surface area contributed by atoms with Crippen LogP contribution in [-0.4, -0.2) is 9.79 Å². The zero-order chi connectivity index (χ0) is 13.0. The normalized spacial score (nSPS) is 16.2. The van der Waals surface area contributed by atoms with Crippen molar-refractivity contribution in [1.29, 1.82) is 0 Å². The van der Waals surface area contributed by atoms with Gasteiger partial charge in [0.2, 0.25) is 0 Å². The summed E-state index contributed by atoms with van der Waals surface area (Å²) in [6.07, 6.45) is 0. The zero-order valence-electron chi connectivity index (χ0n) is 9.87. The monoisotopic (exact) mass is 260 g/mol. The van der Waals surface area contributed by atoms with E-state index in [1.165, 1.54) is 0 Å². The lowest BCUT2D eigenvalue weighted by atomic mass is 9.98. The van der Waals surface area contributed by atoms with Crippen LogP contribution >= 0.6 is 7.60 Å². The Morgan fingerprint density at radius 3 is 1.67 bits per heavy atom. The van der Waals surface area contributed by atoms with Gasteiger partial charge in [0.15, 0.2) is 0 Å². The molecule has 0 aliphatic heterocycles. The lowest BCUT2D eigenvalue weighted by Crippen LogP contribution is -2.20. The van der Waals surface area contributed by atoms with Gasteiger partial charge < -0.3 is 9.79 Å². The minimum Gasteiger partial charge on any atom is -0.324 e. The lowest BCUT2D eigenvalue weighted by molar-refractivity contribution is 0.345. The van der Waals surface area contributed by atoms with E-state index in [1.807, 2.05) is 36.4 Å². The molecule has 0 heterocycles. The highest BCUT2D eigenvalue weighted by Gasteiger charge is 2.51. The van der Waals surface area contributed by atoms with E-state index in [-0.39, 0.29) is 0 Å². The highest BCUT2D eigenvalue weighted by molar-refractivity contribution is 7.53. The molecule has 0 radical (unpaired) electrons. The summed E-state index contributed by atoms with van der Waals surface area (Å²) in [5.74, 6) is 0. The van der Waals surface area contributed by atoms with Gasteiger partial charge in [-0.25, -0.2) is 0 Å². The van der Waals surface area contributed by atoms with Gasteiger partial charge in [-0.05, 0) is 29.2 Å². The Morgan fingerprint density at radius 1 is 0.889 bits per heavy atom. The number of hydrogen-bond acceptors (Lipinski definition) is 1. The van der Waals surface area contributed by atoms with Gasteiger partial charge >= 0.3 is 7.60 Å². The third kappa shape index (κ3) is 1.30. The summed E-state index contributed by atoms with van der Waals surface area (Å²) in [5, 5.41) is -1.24. The quantitative estimate of drug-likeness (QED) is 0.774. The first-order valence-electron chi connectivity index (χ1n) is 5.71. The minimum absolute atomic E-state index is 0.708. The Hall–Kier alpha value is -1.41. The molecule has 0 fully saturated rings. The molecule has 0 aromatic heterocycles. The molecule has 4 heteroatoms. The number of rotatable bonds is 1. The average molecular weight is 260 g/mol. The Morgan fingerprint density at radius 2 is 1.28 bits per heavy atom. The average Bonchev–Trinajstić information content (AvgIpc) is 2.62. The molecule has 1 aliphatic rings. The van der Waals surface area contributed by atoms with Crippen molar-refractivity contribution in [1.82, 2.24) is 0 Å². The molecule has 0 saturated heterocycles. The fourth-order valence-electron chi connectivity index (χ4n) is 2.74. The first-order valence-corrected chi connectivity index (χ1v) is 7.32. The van der Waals surface area contributed by atoms with Crippen LogP contribution in [0.4, 0.5) is 0 Å².